The summed E-state index contributed by atoms with van der Waals surface area (Å²) in [5, 5.41) is 5.50. The molecule has 0 radical (unpaired) electrons. The molecule has 1 aromatic carbocycles. The minimum absolute atomic E-state index is 0.106. The van der Waals surface area contributed by atoms with Gasteiger partial charge in [-0.05, 0) is 36.9 Å². The van der Waals surface area contributed by atoms with Gasteiger partial charge in [-0.15, -0.1) is 17.9 Å². The van der Waals surface area contributed by atoms with Gasteiger partial charge in [-0.3, -0.25) is 14.2 Å². The van der Waals surface area contributed by atoms with Crippen LogP contribution in [0.2, 0.25) is 0 Å². The second-order valence-electron chi connectivity index (χ2n) is 5.80. The van der Waals surface area contributed by atoms with Crippen molar-refractivity contribution in [2.24, 2.45) is 0 Å². The standard InChI is InChI=1S/C19H19N3O2S2/c1-4-10-22-18(24)14-9-11-25-17(14)21-19(22)26-13(3)16(23)20-15-8-6-5-7-12(15)2/h4-9,11,13H,1,10H2,2-3H3,(H,20,23). The van der Waals surface area contributed by atoms with Gasteiger partial charge >= 0.3 is 0 Å². The average molecular weight is 386 g/mol. The predicted molar refractivity (Wildman–Crippen MR) is 109 cm³/mol. The van der Waals surface area contributed by atoms with Crippen molar-refractivity contribution in [1.82, 2.24) is 9.55 Å². The van der Waals surface area contributed by atoms with Crippen LogP contribution >= 0.6 is 23.1 Å². The van der Waals surface area contributed by atoms with Crippen LogP contribution in [-0.4, -0.2) is 20.7 Å². The number of rotatable bonds is 6. The summed E-state index contributed by atoms with van der Waals surface area (Å²) in [5.74, 6) is -0.130. The molecule has 2 aromatic heterocycles. The monoisotopic (exact) mass is 385 g/mol. The second-order valence-corrected chi connectivity index (χ2v) is 8.01. The average Bonchev–Trinajstić information content (AvgIpc) is 3.09. The lowest BCUT2D eigenvalue weighted by Crippen LogP contribution is -2.26. The SMILES string of the molecule is C=CCn1c(SC(C)C(=O)Nc2ccccc2C)nc2sccc2c1=O. The van der Waals surface area contributed by atoms with Crippen LogP contribution in [0.4, 0.5) is 5.69 Å². The van der Waals surface area contributed by atoms with E-state index in [0.29, 0.717) is 21.9 Å². The van der Waals surface area contributed by atoms with E-state index in [1.807, 2.05) is 36.6 Å². The molecule has 0 fully saturated rings. The van der Waals surface area contributed by atoms with E-state index in [9.17, 15) is 9.59 Å². The number of thioether (sulfide) groups is 1. The molecule has 0 aliphatic rings. The highest BCUT2D eigenvalue weighted by Crippen LogP contribution is 2.25. The van der Waals surface area contributed by atoms with Gasteiger partial charge in [0.2, 0.25) is 5.91 Å². The third kappa shape index (κ3) is 3.73. The molecule has 0 spiro atoms. The van der Waals surface area contributed by atoms with E-state index in [1.54, 1.807) is 23.6 Å². The Hall–Kier alpha value is -2.38. The first kappa shape index (κ1) is 18.4. The summed E-state index contributed by atoms with van der Waals surface area (Å²) in [7, 11) is 0. The number of anilines is 1. The number of carbonyl (C=O) groups excluding carboxylic acids is 1. The molecule has 2 heterocycles. The van der Waals surface area contributed by atoms with Crippen molar-refractivity contribution >= 4 is 44.9 Å². The van der Waals surface area contributed by atoms with Crippen LogP contribution in [0.3, 0.4) is 0 Å². The Bertz CT molecular complexity index is 1020. The molecule has 0 aliphatic carbocycles. The van der Waals surface area contributed by atoms with E-state index in [-0.39, 0.29) is 11.5 Å². The van der Waals surface area contributed by atoms with Crippen molar-refractivity contribution < 1.29 is 4.79 Å². The third-order valence-corrected chi connectivity index (χ3v) is 5.81. The first-order valence-electron chi connectivity index (χ1n) is 8.13. The van der Waals surface area contributed by atoms with Gasteiger partial charge in [0.1, 0.15) is 4.83 Å². The molecule has 1 atom stereocenters. The van der Waals surface area contributed by atoms with Gasteiger partial charge in [-0.25, -0.2) is 4.98 Å². The fraction of sp³-hybridized carbons (Fsp3) is 0.211. The smallest absolute Gasteiger partial charge is 0.263 e. The summed E-state index contributed by atoms with van der Waals surface area (Å²) in [6.07, 6.45) is 1.66. The number of hydrogen-bond donors (Lipinski definition) is 1. The van der Waals surface area contributed by atoms with Crippen LogP contribution in [0.5, 0.6) is 0 Å². The van der Waals surface area contributed by atoms with Gasteiger partial charge < -0.3 is 5.32 Å². The van der Waals surface area contributed by atoms with Crippen molar-refractivity contribution in [3.05, 3.63) is 64.3 Å². The molecule has 0 saturated heterocycles. The molecule has 0 saturated carbocycles. The summed E-state index contributed by atoms with van der Waals surface area (Å²) in [6.45, 7) is 7.82. The predicted octanol–water partition coefficient (Wildman–Crippen LogP) is 4.07. The van der Waals surface area contributed by atoms with Gasteiger partial charge in [0.25, 0.3) is 5.56 Å². The number of benzene rings is 1. The number of hydrogen-bond acceptors (Lipinski definition) is 5. The number of thiophene rings is 1. The van der Waals surface area contributed by atoms with Crippen molar-refractivity contribution in [3.8, 4) is 0 Å². The van der Waals surface area contributed by atoms with E-state index in [4.69, 9.17) is 0 Å². The summed E-state index contributed by atoms with van der Waals surface area (Å²) < 4.78 is 1.56. The van der Waals surface area contributed by atoms with Crippen molar-refractivity contribution in [2.75, 3.05) is 5.32 Å². The van der Waals surface area contributed by atoms with Crippen LogP contribution in [0.15, 0.2) is 58.3 Å². The molecule has 1 amide bonds. The van der Waals surface area contributed by atoms with E-state index < -0.39 is 5.25 Å². The second kappa shape index (κ2) is 7.88. The Morgan fingerprint density at radius 1 is 1.42 bits per heavy atom. The molecule has 0 bridgehead atoms. The maximum Gasteiger partial charge on any atom is 0.263 e. The highest BCUT2D eigenvalue weighted by molar-refractivity contribution is 8.00. The largest absolute Gasteiger partial charge is 0.325 e. The van der Waals surface area contributed by atoms with Crippen LogP contribution in [0.25, 0.3) is 10.2 Å². The Balaban J connectivity index is 1.86. The highest BCUT2D eigenvalue weighted by atomic mass is 32.2. The minimum atomic E-state index is -0.407. The number of fused-ring (bicyclic) bond motifs is 1. The lowest BCUT2D eigenvalue weighted by molar-refractivity contribution is -0.115. The fourth-order valence-electron chi connectivity index (χ4n) is 2.47. The van der Waals surface area contributed by atoms with Gasteiger partial charge in [-0.1, -0.05) is 36.0 Å². The zero-order valence-electron chi connectivity index (χ0n) is 14.6. The van der Waals surface area contributed by atoms with Crippen LogP contribution < -0.4 is 10.9 Å². The van der Waals surface area contributed by atoms with E-state index in [0.717, 1.165) is 11.3 Å². The molecule has 134 valence electrons. The van der Waals surface area contributed by atoms with Gasteiger partial charge in [0, 0.05) is 12.2 Å². The summed E-state index contributed by atoms with van der Waals surface area (Å²) in [6, 6.07) is 9.40. The summed E-state index contributed by atoms with van der Waals surface area (Å²) in [4.78, 5) is 30.5. The Labute approximate surface area is 159 Å². The molecule has 1 unspecified atom stereocenters. The number of aryl methyl sites for hydroxylation is 1. The summed E-state index contributed by atoms with van der Waals surface area (Å²) in [5.41, 5.74) is 1.68. The molecule has 1 N–H and O–H groups in total. The lowest BCUT2D eigenvalue weighted by atomic mass is 10.2. The van der Waals surface area contributed by atoms with Crippen LogP contribution in [0.1, 0.15) is 12.5 Å². The number of nitrogens with zero attached hydrogens (tertiary/aromatic N) is 2. The number of allylic oxidation sites excluding steroid dienone is 1. The zero-order valence-corrected chi connectivity index (χ0v) is 16.2. The lowest BCUT2D eigenvalue weighted by Gasteiger charge is -2.15. The minimum Gasteiger partial charge on any atom is -0.325 e. The molecular formula is C19H19N3O2S2. The van der Waals surface area contributed by atoms with Crippen molar-refractivity contribution in [1.29, 1.82) is 0 Å². The topological polar surface area (TPSA) is 64.0 Å². The zero-order chi connectivity index (χ0) is 18.7. The van der Waals surface area contributed by atoms with Crippen molar-refractivity contribution in [2.45, 2.75) is 30.8 Å². The molecule has 26 heavy (non-hydrogen) atoms. The molecule has 7 heteroatoms. The number of amides is 1. The maximum atomic E-state index is 12.7. The number of aromatic nitrogens is 2. The first-order valence-corrected chi connectivity index (χ1v) is 9.89. The summed E-state index contributed by atoms with van der Waals surface area (Å²) >= 11 is 2.69. The highest BCUT2D eigenvalue weighted by Gasteiger charge is 2.20. The molecule has 3 rings (SSSR count). The maximum absolute atomic E-state index is 12.7. The number of carbonyl (C=O) groups is 1. The molecule has 0 aliphatic heterocycles. The van der Waals surface area contributed by atoms with Crippen molar-refractivity contribution in [3.63, 3.8) is 0 Å². The molecule has 5 nitrogen and oxygen atoms in total. The Morgan fingerprint density at radius 2 is 2.19 bits per heavy atom. The Morgan fingerprint density at radius 3 is 2.92 bits per heavy atom. The normalized spacial score (nSPS) is 12.1. The quantitative estimate of drug-likeness (QED) is 0.395. The molecular weight excluding hydrogens is 366 g/mol. The molecule has 3 aromatic rings. The van der Waals surface area contributed by atoms with Gasteiger partial charge in [0.15, 0.2) is 5.16 Å². The van der Waals surface area contributed by atoms with E-state index in [1.165, 1.54) is 23.1 Å². The van der Waals surface area contributed by atoms with Crippen LogP contribution in [0, 0.1) is 6.92 Å². The van der Waals surface area contributed by atoms with E-state index in [2.05, 4.69) is 16.9 Å². The van der Waals surface area contributed by atoms with E-state index >= 15 is 0 Å². The fourth-order valence-corrected chi connectivity index (χ4v) is 4.19. The van der Waals surface area contributed by atoms with Gasteiger partial charge in [0.05, 0.1) is 10.6 Å². The third-order valence-electron chi connectivity index (χ3n) is 3.91. The Kier molecular flexibility index (Phi) is 5.58. The van der Waals surface area contributed by atoms with Crippen LogP contribution in [-0.2, 0) is 11.3 Å². The number of para-hydroxylation sites is 1. The number of nitrogens with one attached hydrogen (secondary N) is 1. The van der Waals surface area contributed by atoms with Gasteiger partial charge in [-0.2, -0.15) is 0 Å². The first-order chi connectivity index (χ1) is 12.5.